The molecule has 122 valence electrons. The first-order valence-electron chi connectivity index (χ1n) is 7.24. The van der Waals surface area contributed by atoms with E-state index in [1.54, 1.807) is 0 Å². The number of aromatic nitrogens is 3. The van der Waals surface area contributed by atoms with Crippen LogP contribution in [0.15, 0.2) is 16.7 Å². The number of carbonyl (C=O) groups is 1. The van der Waals surface area contributed by atoms with E-state index in [-0.39, 0.29) is 11.7 Å². The van der Waals surface area contributed by atoms with Crippen LogP contribution < -0.4 is 10.2 Å². The van der Waals surface area contributed by atoms with Gasteiger partial charge >= 0.3 is 0 Å². The number of hydrogen-bond acceptors (Lipinski definition) is 7. The Morgan fingerprint density at radius 1 is 1.43 bits per heavy atom. The van der Waals surface area contributed by atoms with Gasteiger partial charge in [0.2, 0.25) is 5.91 Å². The molecule has 23 heavy (non-hydrogen) atoms. The van der Waals surface area contributed by atoms with Crippen LogP contribution >= 0.6 is 23.1 Å². The molecule has 0 atom stereocenters. The second kappa shape index (κ2) is 7.22. The Morgan fingerprint density at radius 2 is 2.22 bits per heavy atom. The molecular weight excluding hydrogens is 337 g/mol. The van der Waals surface area contributed by atoms with E-state index in [4.69, 9.17) is 0 Å². The maximum absolute atomic E-state index is 13.8. The van der Waals surface area contributed by atoms with E-state index >= 15 is 0 Å². The lowest BCUT2D eigenvalue weighted by molar-refractivity contribution is -0.113. The molecule has 2 aromatic heterocycles. The van der Waals surface area contributed by atoms with Gasteiger partial charge in [-0.15, -0.1) is 11.3 Å². The number of thiazole rings is 1. The van der Waals surface area contributed by atoms with Crippen LogP contribution in [0.4, 0.5) is 15.3 Å². The minimum absolute atomic E-state index is 0.156. The summed E-state index contributed by atoms with van der Waals surface area (Å²) in [5, 5.41) is 5.57. The van der Waals surface area contributed by atoms with Crippen molar-refractivity contribution >= 4 is 40.0 Å². The molecule has 1 aliphatic rings. The molecule has 9 heteroatoms. The summed E-state index contributed by atoms with van der Waals surface area (Å²) in [6, 6.07) is 0. The molecule has 1 saturated heterocycles. The van der Waals surface area contributed by atoms with Crippen molar-refractivity contribution in [3.05, 3.63) is 23.1 Å². The molecule has 6 nitrogen and oxygen atoms in total. The molecule has 1 amide bonds. The van der Waals surface area contributed by atoms with Crippen LogP contribution in [0.25, 0.3) is 0 Å². The lowest BCUT2D eigenvalue weighted by Gasteiger charge is -2.17. The van der Waals surface area contributed by atoms with Gasteiger partial charge in [0.25, 0.3) is 0 Å². The standard InChI is InChI=1S/C14H16FN5OS2/c1-9-7-22-14(17-9)18-11(21)8-23-13-16-6-10(15)12(19-13)20-4-2-3-5-20/h6-7H,2-5,8H2,1H3,(H,17,18,21). The zero-order valence-corrected chi connectivity index (χ0v) is 14.2. The van der Waals surface area contributed by atoms with Gasteiger partial charge in [-0.25, -0.2) is 19.3 Å². The number of carbonyl (C=O) groups excluding carboxylic acids is 1. The van der Waals surface area contributed by atoms with Crippen molar-refractivity contribution in [3.63, 3.8) is 0 Å². The van der Waals surface area contributed by atoms with E-state index in [1.807, 2.05) is 17.2 Å². The number of thioether (sulfide) groups is 1. The third kappa shape index (κ3) is 4.17. The van der Waals surface area contributed by atoms with Gasteiger partial charge in [-0.05, 0) is 19.8 Å². The summed E-state index contributed by atoms with van der Waals surface area (Å²) in [6.07, 6.45) is 3.26. The monoisotopic (exact) mass is 353 g/mol. The highest BCUT2D eigenvalue weighted by atomic mass is 32.2. The summed E-state index contributed by atoms with van der Waals surface area (Å²) in [5.41, 5.74) is 0.870. The van der Waals surface area contributed by atoms with Gasteiger partial charge in [0, 0.05) is 18.5 Å². The van der Waals surface area contributed by atoms with Crippen LogP contribution in [0.3, 0.4) is 0 Å². The molecule has 0 aromatic carbocycles. The SMILES string of the molecule is Cc1csc(NC(=O)CSc2ncc(F)c(N3CCCC3)n2)n1. The summed E-state index contributed by atoms with van der Waals surface area (Å²) in [7, 11) is 0. The summed E-state index contributed by atoms with van der Waals surface area (Å²) in [6.45, 7) is 3.48. The number of halogens is 1. The molecule has 3 heterocycles. The fourth-order valence-electron chi connectivity index (χ4n) is 2.26. The smallest absolute Gasteiger partial charge is 0.236 e. The molecule has 1 aliphatic heterocycles. The average molecular weight is 353 g/mol. The number of hydrogen-bond donors (Lipinski definition) is 1. The molecule has 0 radical (unpaired) electrons. The third-order valence-corrected chi connectivity index (χ3v) is 5.04. The van der Waals surface area contributed by atoms with Gasteiger partial charge in [-0.3, -0.25) is 4.79 Å². The van der Waals surface area contributed by atoms with Crippen LogP contribution in [0, 0.1) is 12.7 Å². The summed E-state index contributed by atoms with van der Waals surface area (Å²) < 4.78 is 13.8. The number of nitrogens with one attached hydrogen (secondary N) is 1. The van der Waals surface area contributed by atoms with Crippen molar-refractivity contribution in [2.24, 2.45) is 0 Å². The molecule has 0 unspecified atom stereocenters. The topological polar surface area (TPSA) is 71.0 Å². The molecule has 0 saturated carbocycles. The van der Waals surface area contributed by atoms with E-state index in [0.717, 1.165) is 31.6 Å². The lowest BCUT2D eigenvalue weighted by Crippen LogP contribution is -2.21. The predicted octanol–water partition coefficient (Wildman–Crippen LogP) is 2.71. The van der Waals surface area contributed by atoms with Gasteiger partial charge in [-0.2, -0.15) is 0 Å². The van der Waals surface area contributed by atoms with Crippen LogP contribution in [0.5, 0.6) is 0 Å². The number of nitrogens with zero attached hydrogens (tertiary/aromatic N) is 4. The maximum atomic E-state index is 13.8. The normalized spacial score (nSPS) is 14.3. The zero-order valence-electron chi connectivity index (χ0n) is 12.6. The van der Waals surface area contributed by atoms with Crippen LogP contribution in [-0.2, 0) is 4.79 Å². The van der Waals surface area contributed by atoms with Gasteiger partial charge in [-0.1, -0.05) is 11.8 Å². The summed E-state index contributed by atoms with van der Waals surface area (Å²) in [4.78, 5) is 26.2. The van der Waals surface area contributed by atoms with Crippen LogP contribution in [0.2, 0.25) is 0 Å². The van der Waals surface area contributed by atoms with Crippen molar-refractivity contribution in [2.75, 3.05) is 29.1 Å². The molecule has 2 aromatic rings. The zero-order chi connectivity index (χ0) is 16.2. The second-order valence-electron chi connectivity index (χ2n) is 5.15. The Hall–Kier alpha value is -1.74. The quantitative estimate of drug-likeness (QED) is 0.658. The molecule has 1 N–H and O–H groups in total. The van der Waals surface area contributed by atoms with E-state index < -0.39 is 5.82 Å². The fourth-order valence-corrected chi connectivity index (χ4v) is 3.57. The average Bonchev–Trinajstić information content (AvgIpc) is 3.18. The highest BCUT2D eigenvalue weighted by molar-refractivity contribution is 7.99. The number of anilines is 2. The first kappa shape index (κ1) is 16.1. The summed E-state index contributed by atoms with van der Waals surface area (Å²) >= 11 is 2.57. The van der Waals surface area contributed by atoms with Crippen molar-refractivity contribution in [3.8, 4) is 0 Å². The number of rotatable bonds is 5. The highest BCUT2D eigenvalue weighted by Gasteiger charge is 2.19. The van der Waals surface area contributed by atoms with Crippen molar-refractivity contribution in [1.82, 2.24) is 15.0 Å². The second-order valence-corrected chi connectivity index (χ2v) is 6.95. The first-order valence-corrected chi connectivity index (χ1v) is 9.10. The fraction of sp³-hybridized carbons (Fsp3) is 0.429. The van der Waals surface area contributed by atoms with Crippen molar-refractivity contribution in [1.29, 1.82) is 0 Å². The van der Waals surface area contributed by atoms with Gasteiger partial charge < -0.3 is 10.2 Å². The van der Waals surface area contributed by atoms with Gasteiger partial charge in [0.1, 0.15) is 0 Å². The molecule has 0 spiro atoms. The lowest BCUT2D eigenvalue weighted by atomic mass is 10.4. The Kier molecular flexibility index (Phi) is 5.06. The van der Waals surface area contributed by atoms with Gasteiger partial charge in [0.05, 0.1) is 17.6 Å². The van der Waals surface area contributed by atoms with E-state index in [1.165, 1.54) is 29.3 Å². The first-order chi connectivity index (χ1) is 11.1. The van der Waals surface area contributed by atoms with Gasteiger partial charge in [0.15, 0.2) is 21.9 Å². The predicted molar refractivity (Wildman–Crippen MR) is 89.6 cm³/mol. The van der Waals surface area contributed by atoms with Crippen molar-refractivity contribution < 1.29 is 9.18 Å². The molecular formula is C14H16FN5OS2. The molecule has 0 aliphatic carbocycles. The summed E-state index contributed by atoms with van der Waals surface area (Å²) in [5.74, 6) is -0.112. The third-order valence-electron chi connectivity index (χ3n) is 3.31. The Morgan fingerprint density at radius 3 is 2.91 bits per heavy atom. The number of aryl methyl sites for hydroxylation is 1. The Labute approximate surface area is 141 Å². The molecule has 3 rings (SSSR count). The number of amides is 1. The highest BCUT2D eigenvalue weighted by Crippen LogP contribution is 2.24. The molecule has 0 bridgehead atoms. The van der Waals surface area contributed by atoms with E-state index in [9.17, 15) is 9.18 Å². The largest absolute Gasteiger partial charge is 0.354 e. The minimum atomic E-state index is -0.418. The minimum Gasteiger partial charge on any atom is -0.354 e. The van der Waals surface area contributed by atoms with E-state index in [0.29, 0.717) is 16.1 Å². The van der Waals surface area contributed by atoms with Crippen LogP contribution in [0.1, 0.15) is 18.5 Å². The van der Waals surface area contributed by atoms with Crippen molar-refractivity contribution in [2.45, 2.75) is 24.9 Å². The molecule has 1 fully saturated rings. The maximum Gasteiger partial charge on any atom is 0.236 e. The Balaban J connectivity index is 1.59. The van der Waals surface area contributed by atoms with E-state index in [2.05, 4.69) is 20.3 Å². The van der Waals surface area contributed by atoms with Crippen LogP contribution in [-0.4, -0.2) is 39.7 Å². The Bertz CT molecular complexity index is 702.